The number of aromatic nitrogens is 1. The summed E-state index contributed by atoms with van der Waals surface area (Å²) in [6.07, 6.45) is -4.38. The smallest absolute Gasteiger partial charge is 0.417 e. The molecule has 1 amide bonds. The Hall–Kier alpha value is -3.62. The molecule has 31 heavy (non-hydrogen) atoms. The molecule has 1 aromatic heterocycles. The number of esters is 1. The lowest BCUT2D eigenvalue weighted by atomic mass is 9.93. The first-order valence-corrected chi connectivity index (χ1v) is 9.41. The number of benzene rings is 2. The van der Waals surface area contributed by atoms with Gasteiger partial charge in [-0.25, -0.2) is 4.79 Å². The maximum absolute atomic E-state index is 13.4. The Bertz CT molecular complexity index is 1250. The summed E-state index contributed by atoms with van der Waals surface area (Å²) in [5.41, 5.74) is -0.977. The SMILES string of the molecule is COC(=O)C1C[C@H](c2ccc3cc(-c4ccccc4C(F)(F)F)[nH]c(=O)c3c2)C(=O)N1. The molecular weight excluding hydrogens is 413 g/mol. The number of carbonyl (C=O) groups excluding carboxylic acids is 2. The molecule has 2 heterocycles. The van der Waals surface area contributed by atoms with Gasteiger partial charge in [0, 0.05) is 16.6 Å². The maximum Gasteiger partial charge on any atom is 0.417 e. The van der Waals surface area contributed by atoms with Crippen molar-refractivity contribution in [2.24, 2.45) is 0 Å². The van der Waals surface area contributed by atoms with E-state index in [-0.39, 0.29) is 29.0 Å². The minimum Gasteiger partial charge on any atom is -0.467 e. The second-order valence-electron chi connectivity index (χ2n) is 7.27. The number of pyridine rings is 1. The minimum absolute atomic E-state index is 0.0440. The molecule has 3 aromatic rings. The van der Waals surface area contributed by atoms with Crippen LogP contribution in [0.25, 0.3) is 22.0 Å². The van der Waals surface area contributed by atoms with Gasteiger partial charge in [0.05, 0.1) is 18.6 Å². The molecule has 0 bridgehead atoms. The number of aromatic amines is 1. The summed E-state index contributed by atoms with van der Waals surface area (Å²) < 4.78 is 44.7. The number of alkyl halides is 3. The molecule has 1 aliphatic rings. The largest absolute Gasteiger partial charge is 0.467 e. The highest BCUT2D eigenvalue weighted by molar-refractivity contribution is 5.94. The number of halogens is 3. The minimum atomic E-state index is -4.57. The number of methoxy groups -OCH3 is 1. The van der Waals surface area contributed by atoms with Crippen molar-refractivity contribution in [1.82, 2.24) is 10.3 Å². The lowest BCUT2D eigenvalue weighted by molar-refractivity contribution is -0.143. The summed E-state index contributed by atoms with van der Waals surface area (Å²) in [5.74, 6) is -1.55. The molecule has 2 aromatic carbocycles. The first kappa shape index (κ1) is 20.6. The van der Waals surface area contributed by atoms with Crippen LogP contribution in [-0.2, 0) is 20.5 Å². The van der Waals surface area contributed by atoms with Crippen molar-refractivity contribution in [2.45, 2.75) is 24.6 Å². The number of H-pyrrole nitrogens is 1. The normalized spacial score (nSPS) is 18.8. The Morgan fingerprint density at radius 3 is 2.55 bits per heavy atom. The maximum atomic E-state index is 13.4. The van der Waals surface area contributed by atoms with E-state index in [0.717, 1.165) is 6.07 Å². The third-order valence-corrected chi connectivity index (χ3v) is 5.39. The van der Waals surface area contributed by atoms with Crippen LogP contribution in [0.1, 0.15) is 23.5 Å². The van der Waals surface area contributed by atoms with Gasteiger partial charge < -0.3 is 15.0 Å². The van der Waals surface area contributed by atoms with Crippen LogP contribution in [0, 0.1) is 0 Å². The van der Waals surface area contributed by atoms with Crippen molar-refractivity contribution in [1.29, 1.82) is 0 Å². The van der Waals surface area contributed by atoms with Crippen LogP contribution >= 0.6 is 0 Å². The molecule has 6 nitrogen and oxygen atoms in total. The first-order valence-electron chi connectivity index (χ1n) is 9.41. The van der Waals surface area contributed by atoms with E-state index < -0.39 is 35.2 Å². The van der Waals surface area contributed by atoms with Gasteiger partial charge in [0.2, 0.25) is 5.91 Å². The standard InChI is InChI=1S/C22H17F3N2O4/c1-31-21(30)18-10-15(20(29)27-18)11-6-7-12-9-17(26-19(28)14(12)8-11)13-4-2-3-5-16(13)22(23,24)25/h2-9,15,18H,10H2,1H3,(H,26,28)(H,27,29)/t15-,18?/m1/s1. The van der Waals surface area contributed by atoms with Gasteiger partial charge in [-0.15, -0.1) is 0 Å². The van der Waals surface area contributed by atoms with E-state index in [4.69, 9.17) is 0 Å². The van der Waals surface area contributed by atoms with E-state index in [9.17, 15) is 27.6 Å². The molecule has 0 radical (unpaired) electrons. The van der Waals surface area contributed by atoms with E-state index >= 15 is 0 Å². The average Bonchev–Trinajstić information content (AvgIpc) is 3.14. The molecular formula is C22H17F3N2O4. The van der Waals surface area contributed by atoms with Gasteiger partial charge >= 0.3 is 12.1 Å². The number of nitrogens with one attached hydrogen (secondary N) is 2. The molecule has 2 N–H and O–H groups in total. The highest BCUT2D eigenvalue weighted by Gasteiger charge is 2.38. The Balaban J connectivity index is 1.75. The topological polar surface area (TPSA) is 88.3 Å². The number of fused-ring (bicyclic) bond motifs is 1. The number of hydrogen-bond donors (Lipinski definition) is 2. The molecule has 0 saturated carbocycles. The van der Waals surface area contributed by atoms with Crippen LogP contribution in [0.15, 0.2) is 53.3 Å². The molecule has 0 spiro atoms. The number of ether oxygens (including phenoxy) is 1. The summed E-state index contributed by atoms with van der Waals surface area (Å²) in [6, 6.07) is 10.4. The van der Waals surface area contributed by atoms with Crippen molar-refractivity contribution < 1.29 is 27.5 Å². The van der Waals surface area contributed by atoms with Gasteiger partial charge in [0.15, 0.2) is 0 Å². The molecule has 160 valence electrons. The average molecular weight is 430 g/mol. The third kappa shape index (κ3) is 3.78. The van der Waals surface area contributed by atoms with Crippen molar-refractivity contribution in [3.05, 3.63) is 70.0 Å². The van der Waals surface area contributed by atoms with Crippen molar-refractivity contribution in [3.63, 3.8) is 0 Å². The lowest BCUT2D eigenvalue weighted by Crippen LogP contribution is -2.33. The van der Waals surface area contributed by atoms with Gasteiger partial charge in [-0.3, -0.25) is 9.59 Å². The number of hydrogen-bond acceptors (Lipinski definition) is 4. The lowest BCUT2D eigenvalue weighted by Gasteiger charge is -2.14. The van der Waals surface area contributed by atoms with Crippen LogP contribution in [-0.4, -0.2) is 30.0 Å². The van der Waals surface area contributed by atoms with Crippen molar-refractivity contribution >= 4 is 22.6 Å². The van der Waals surface area contributed by atoms with E-state index in [1.807, 2.05) is 0 Å². The highest BCUT2D eigenvalue weighted by Crippen LogP contribution is 2.37. The predicted octanol–water partition coefficient (Wildman–Crippen LogP) is 3.36. The van der Waals surface area contributed by atoms with Crippen LogP contribution < -0.4 is 10.9 Å². The first-order chi connectivity index (χ1) is 14.7. The van der Waals surface area contributed by atoms with E-state index in [0.29, 0.717) is 10.9 Å². The van der Waals surface area contributed by atoms with Crippen LogP contribution in [0.3, 0.4) is 0 Å². The van der Waals surface area contributed by atoms with Gasteiger partial charge in [0.1, 0.15) is 6.04 Å². The molecule has 1 aliphatic heterocycles. The predicted molar refractivity (Wildman–Crippen MR) is 106 cm³/mol. The van der Waals surface area contributed by atoms with Gasteiger partial charge in [0.25, 0.3) is 5.56 Å². The van der Waals surface area contributed by atoms with Gasteiger partial charge in [-0.2, -0.15) is 13.2 Å². The fourth-order valence-electron chi connectivity index (χ4n) is 3.86. The molecule has 1 fully saturated rings. The molecule has 1 unspecified atom stereocenters. The second-order valence-corrected chi connectivity index (χ2v) is 7.27. The quantitative estimate of drug-likeness (QED) is 0.624. The van der Waals surface area contributed by atoms with E-state index in [2.05, 4.69) is 15.0 Å². The summed E-state index contributed by atoms with van der Waals surface area (Å²) in [7, 11) is 1.23. The van der Waals surface area contributed by atoms with E-state index in [1.165, 1.54) is 37.4 Å². The Kier molecular flexibility index (Phi) is 5.04. The molecule has 0 aliphatic carbocycles. The Labute approximate surface area is 174 Å². The Morgan fingerprint density at radius 1 is 1.10 bits per heavy atom. The molecule has 9 heteroatoms. The van der Waals surface area contributed by atoms with Crippen LogP contribution in [0.2, 0.25) is 0 Å². The Morgan fingerprint density at radius 2 is 1.84 bits per heavy atom. The molecule has 1 saturated heterocycles. The highest BCUT2D eigenvalue weighted by atomic mass is 19.4. The van der Waals surface area contributed by atoms with Crippen LogP contribution in [0.4, 0.5) is 13.2 Å². The fourth-order valence-corrected chi connectivity index (χ4v) is 3.86. The van der Waals surface area contributed by atoms with Crippen LogP contribution in [0.5, 0.6) is 0 Å². The van der Waals surface area contributed by atoms with Crippen molar-refractivity contribution in [3.8, 4) is 11.3 Å². The zero-order chi connectivity index (χ0) is 22.3. The molecule has 2 atom stereocenters. The van der Waals surface area contributed by atoms with E-state index in [1.54, 1.807) is 12.1 Å². The number of carbonyl (C=O) groups is 2. The zero-order valence-electron chi connectivity index (χ0n) is 16.2. The van der Waals surface area contributed by atoms with Gasteiger partial charge in [-0.05, 0) is 35.6 Å². The summed E-state index contributed by atoms with van der Waals surface area (Å²) in [4.78, 5) is 39.2. The second kappa shape index (κ2) is 7.57. The van der Waals surface area contributed by atoms with Gasteiger partial charge in [-0.1, -0.05) is 30.3 Å². The number of rotatable bonds is 3. The summed E-state index contributed by atoms with van der Waals surface area (Å²) in [5, 5.41) is 3.23. The van der Waals surface area contributed by atoms with Crippen molar-refractivity contribution in [2.75, 3.05) is 7.11 Å². The monoisotopic (exact) mass is 430 g/mol. The summed E-state index contributed by atoms with van der Waals surface area (Å²) in [6.45, 7) is 0. The number of amides is 1. The third-order valence-electron chi connectivity index (χ3n) is 5.39. The zero-order valence-corrected chi connectivity index (χ0v) is 16.2. The summed E-state index contributed by atoms with van der Waals surface area (Å²) >= 11 is 0. The fraction of sp³-hybridized carbons (Fsp3) is 0.227. The molecule has 4 rings (SSSR count).